The number of amides is 1. The molecule has 3 fully saturated rings. The van der Waals surface area contributed by atoms with Crippen LogP contribution < -0.4 is 0 Å². The van der Waals surface area contributed by atoms with Crippen LogP contribution in [0.4, 0.5) is 0 Å². The van der Waals surface area contributed by atoms with Gasteiger partial charge in [-0.1, -0.05) is 0 Å². The molecule has 0 spiro atoms. The Morgan fingerprint density at radius 2 is 2.00 bits per heavy atom. The molecule has 3 aliphatic rings. The number of fused-ring (bicyclic) bond motifs is 1. The Morgan fingerprint density at radius 1 is 1.20 bits per heavy atom. The molecule has 0 bridgehead atoms. The zero-order valence-electron chi connectivity index (χ0n) is 12.3. The summed E-state index contributed by atoms with van der Waals surface area (Å²) in [6, 6.07) is 0.218. The summed E-state index contributed by atoms with van der Waals surface area (Å²) in [4.78, 5) is 14.8. The molecule has 0 radical (unpaired) electrons. The van der Waals surface area contributed by atoms with Crippen LogP contribution in [-0.2, 0) is 19.0 Å². The number of carbonyl (C=O) groups is 1. The largest absolute Gasteiger partial charge is 0.381 e. The molecule has 3 rings (SSSR count). The fourth-order valence-corrected chi connectivity index (χ4v) is 3.76. The van der Waals surface area contributed by atoms with E-state index >= 15 is 0 Å². The van der Waals surface area contributed by atoms with E-state index in [1.807, 2.05) is 6.92 Å². The Hall–Kier alpha value is -0.650. The summed E-state index contributed by atoms with van der Waals surface area (Å²) in [6.45, 7) is 5.54. The maximum Gasteiger partial charge on any atom is 0.226 e. The van der Waals surface area contributed by atoms with Crippen LogP contribution >= 0.6 is 0 Å². The van der Waals surface area contributed by atoms with Crippen molar-refractivity contribution in [1.82, 2.24) is 4.90 Å². The maximum absolute atomic E-state index is 12.7. The van der Waals surface area contributed by atoms with Crippen molar-refractivity contribution >= 4 is 5.91 Å². The van der Waals surface area contributed by atoms with Crippen LogP contribution in [0.3, 0.4) is 0 Å². The molecule has 0 aromatic rings. The predicted octanol–water partition coefficient (Wildman–Crippen LogP) is 1.21. The third-order valence-corrected chi connectivity index (χ3v) is 4.77. The molecule has 1 amide bonds. The molecule has 3 atom stereocenters. The number of hydrogen-bond acceptors (Lipinski definition) is 4. The monoisotopic (exact) mass is 283 g/mol. The number of hydrogen-bond donors (Lipinski definition) is 0. The molecular formula is C15H25NO4. The molecule has 0 aromatic carbocycles. The van der Waals surface area contributed by atoms with Gasteiger partial charge >= 0.3 is 0 Å². The van der Waals surface area contributed by atoms with Gasteiger partial charge in [0.1, 0.15) is 6.10 Å². The number of carbonyl (C=O) groups excluding carboxylic acids is 1. The van der Waals surface area contributed by atoms with E-state index in [9.17, 15) is 4.79 Å². The van der Waals surface area contributed by atoms with Gasteiger partial charge in [-0.15, -0.1) is 0 Å². The van der Waals surface area contributed by atoms with Crippen LogP contribution in [-0.4, -0.2) is 62.0 Å². The Kier molecular flexibility index (Phi) is 4.58. The first kappa shape index (κ1) is 14.3. The molecular weight excluding hydrogens is 258 g/mol. The van der Waals surface area contributed by atoms with E-state index in [0.29, 0.717) is 19.1 Å². The fraction of sp³-hybridized carbons (Fsp3) is 0.933. The molecule has 2 heterocycles. The molecule has 0 unspecified atom stereocenters. The van der Waals surface area contributed by atoms with Gasteiger partial charge in [0.2, 0.25) is 5.91 Å². The SMILES string of the molecule is CCO[C@@H]1CC[C@H]2[C@H]1OCCN2C(=O)C1CCOCC1. The van der Waals surface area contributed by atoms with Gasteiger partial charge in [0, 0.05) is 32.3 Å². The second-order valence-electron chi connectivity index (χ2n) is 5.89. The standard InChI is InChI=1S/C15H25NO4/c1-2-19-13-4-3-12-14(13)20-10-7-16(12)15(17)11-5-8-18-9-6-11/h11-14H,2-10H2,1H3/t12-,13+,14+/m0/s1. The minimum atomic E-state index is 0.0764. The van der Waals surface area contributed by atoms with Gasteiger partial charge < -0.3 is 19.1 Å². The summed E-state index contributed by atoms with van der Waals surface area (Å²) >= 11 is 0. The van der Waals surface area contributed by atoms with Gasteiger partial charge in [0.25, 0.3) is 0 Å². The Morgan fingerprint density at radius 3 is 2.75 bits per heavy atom. The van der Waals surface area contributed by atoms with Crippen molar-refractivity contribution in [3.05, 3.63) is 0 Å². The first-order valence-electron chi connectivity index (χ1n) is 7.92. The maximum atomic E-state index is 12.7. The topological polar surface area (TPSA) is 48.0 Å². The van der Waals surface area contributed by atoms with E-state index in [1.165, 1.54) is 0 Å². The Labute approximate surface area is 120 Å². The fourth-order valence-electron chi connectivity index (χ4n) is 3.76. The summed E-state index contributed by atoms with van der Waals surface area (Å²) in [5, 5.41) is 0. The van der Waals surface area contributed by atoms with Gasteiger partial charge in [-0.25, -0.2) is 0 Å². The van der Waals surface area contributed by atoms with Crippen LogP contribution in [0.5, 0.6) is 0 Å². The van der Waals surface area contributed by atoms with Crippen molar-refractivity contribution in [3.63, 3.8) is 0 Å². The molecule has 0 aromatic heterocycles. The highest BCUT2D eigenvalue weighted by Crippen LogP contribution is 2.33. The average Bonchev–Trinajstić information content (AvgIpc) is 2.91. The van der Waals surface area contributed by atoms with E-state index < -0.39 is 0 Å². The molecule has 5 heteroatoms. The summed E-state index contributed by atoms with van der Waals surface area (Å²) in [5.41, 5.74) is 0. The van der Waals surface area contributed by atoms with Crippen molar-refractivity contribution in [1.29, 1.82) is 0 Å². The molecule has 2 saturated heterocycles. The predicted molar refractivity (Wildman–Crippen MR) is 73.4 cm³/mol. The lowest BCUT2D eigenvalue weighted by molar-refractivity contribution is -0.157. The lowest BCUT2D eigenvalue weighted by Gasteiger charge is -2.41. The normalized spacial score (nSPS) is 35.0. The van der Waals surface area contributed by atoms with Gasteiger partial charge in [-0.2, -0.15) is 0 Å². The molecule has 1 saturated carbocycles. The highest BCUT2D eigenvalue weighted by atomic mass is 16.5. The zero-order valence-corrected chi connectivity index (χ0v) is 12.3. The Bertz CT molecular complexity index is 343. The van der Waals surface area contributed by atoms with E-state index in [4.69, 9.17) is 14.2 Å². The van der Waals surface area contributed by atoms with Gasteiger partial charge in [0.05, 0.1) is 18.8 Å². The van der Waals surface area contributed by atoms with Gasteiger partial charge in [0.15, 0.2) is 0 Å². The number of nitrogens with zero attached hydrogens (tertiary/aromatic N) is 1. The summed E-state index contributed by atoms with van der Waals surface area (Å²) in [7, 11) is 0. The summed E-state index contributed by atoms with van der Waals surface area (Å²) in [6.07, 6.45) is 3.97. The van der Waals surface area contributed by atoms with E-state index in [0.717, 1.165) is 45.4 Å². The van der Waals surface area contributed by atoms with Gasteiger partial charge in [-0.3, -0.25) is 4.79 Å². The quantitative estimate of drug-likeness (QED) is 0.781. The number of morpholine rings is 1. The van der Waals surface area contributed by atoms with Crippen molar-refractivity contribution in [2.75, 3.05) is 33.0 Å². The third kappa shape index (κ3) is 2.71. The van der Waals surface area contributed by atoms with Crippen molar-refractivity contribution in [3.8, 4) is 0 Å². The average molecular weight is 283 g/mol. The third-order valence-electron chi connectivity index (χ3n) is 4.77. The van der Waals surface area contributed by atoms with E-state index in [-0.39, 0.29) is 24.2 Å². The molecule has 1 aliphatic carbocycles. The van der Waals surface area contributed by atoms with Crippen LogP contribution in [0.1, 0.15) is 32.6 Å². The van der Waals surface area contributed by atoms with E-state index in [2.05, 4.69) is 4.90 Å². The minimum Gasteiger partial charge on any atom is -0.381 e. The second kappa shape index (κ2) is 6.41. The Balaban J connectivity index is 1.65. The zero-order chi connectivity index (χ0) is 13.9. The molecule has 0 N–H and O–H groups in total. The van der Waals surface area contributed by atoms with Crippen molar-refractivity contribution < 1.29 is 19.0 Å². The molecule has 20 heavy (non-hydrogen) atoms. The summed E-state index contributed by atoms with van der Waals surface area (Å²) < 4.78 is 17.0. The first-order valence-corrected chi connectivity index (χ1v) is 7.92. The lowest BCUT2D eigenvalue weighted by atomic mass is 9.97. The molecule has 5 nitrogen and oxygen atoms in total. The highest BCUT2D eigenvalue weighted by molar-refractivity contribution is 5.79. The second-order valence-corrected chi connectivity index (χ2v) is 5.89. The molecule has 2 aliphatic heterocycles. The van der Waals surface area contributed by atoms with E-state index in [1.54, 1.807) is 0 Å². The highest BCUT2D eigenvalue weighted by Gasteiger charge is 2.45. The first-order chi connectivity index (χ1) is 9.81. The van der Waals surface area contributed by atoms with Crippen molar-refractivity contribution in [2.45, 2.75) is 50.9 Å². The summed E-state index contributed by atoms with van der Waals surface area (Å²) in [5.74, 6) is 0.456. The van der Waals surface area contributed by atoms with Crippen molar-refractivity contribution in [2.24, 2.45) is 5.92 Å². The molecule has 114 valence electrons. The number of rotatable bonds is 3. The minimum absolute atomic E-state index is 0.0764. The van der Waals surface area contributed by atoms with Gasteiger partial charge in [-0.05, 0) is 32.6 Å². The van der Waals surface area contributed by atoms with Crippen LogP contribution in [0.15, 0.2) is 0 Å². The lowest BCUT2D eigenvalue weighted by Crippen LogP contribution is -2.55. The smallest absolute Gasteiger partial charge is 0.226 e. The number of ether oxygens (including phenoxy) is 3. The van der Waals surface area contributed by atoms with Crippen LogP contribution in [0, 0.1) is 5.92 Å². The van der Waals surface area contributed by atoms with Crippen LogP contribution in [0.2, 0.25) is 0 Å². The van der Waals surface area contributed by atoms with Crippen LogP contribution in [0.25, 0.3) is 0 Å².